The lowest BCUT2D eigenvalue weighted by atomic mass is 10.1. The first-order valence-electron chi connectivity index (χ1n) is 12.7. The summed E-state index contributed by atoms with van der Waals surface area (Å²) in [4.78, 5) is 32.6. The molecule has 2 saturated heterocycles. The van der Waals surface area contributed by atoms with Gasteiger partial charge in [-0.3, -0.25) is 19.8 Å². The van der Waals surface area contributed by atoms with E-state index in [-0.39, 0.29) is 18.2 Å². The highest BCUT2D eigenvalue weighted by molar-refractivity contribution is 14.1. The van der Waals surface area contributed by atoms with E-state index in [1.807, 2.05) is 42.5 Å². The number of nitro benzene ring substituents is 1. The van der Waals surface area contributed by atoms with Crippen molar-refractivity contribution < 1.29 is 23.9 Å². The highest BCUT2D eigenvalue weighted by Crippen LogP contribution is 2.38. The third-order valence-corrected chi connectivity index (χ3v) is 8.40. The van der Waals surface area contributed by atoms with Crippen molar-refractivity contribution in [2.45, 2.75) is 6.61 Å². The van der Waals surface area contributed by atoms with Crippen molar-refractivity contribution in [3.63, 3.8) is 0 Å². The number of carbonyl (C=O) groups excluding carboxylic acids is 1. The number of hydrogen-bond acceptors (Lipinski definition) is 9. The molecule has 0 unspecified atom stereocenters. The Bertz CT molecular complexity index is 1500. The number of amides is 1. The van der Waals surface area contributed by atoms with E-state index in [2.05, 4.69) is 27.5 Å². The fourth-order valence-electron chi connectivity index (χ4n) is 4.31. The molecule has 5 rings (SSSR count). The number of nitrogens with zero attached hydrogens (tertiary/aromatic N) is 4. The van der Waals surface area contributed by atoms with E-state index < -0.39 is 4.92 Å². The van der Waals surface area contributed by atoms with Crippen LogP contribution in [0, 0.1) is 13.7 Å². The van der Waals surface area contributed by atoms with Gasteiger partial charge in [0.1, 0.15) is 6.61 Å². The third kappa shape index (κ3) is 6.82. The summed E-state index contributed by atoms with van der Waals surface area (Å²) in [5.41, 5.74) is 3.51. The summed E-state index contributed by atoms with van der Waals surface area (Å²) in [6.07, 6.45) is 1.82. The SMILES string of the molecule is COc1cc(/C=C2\SC(=Nc3ccc(N4CCOCC4)cc3)N(C)C2=O)cc(I)c1OCc1ccc([N+](=O)[O-])cc1. The molecular formula is C29H27IN4O6S. The Kier molecular flexibility index (Phi) is 9.10. The highest BCUT2D eigenvalue weighted by Gasteiger charge is 2.30. The first-order chi connectivity index (χ1) is 19.8. The van der Waals surface area contributed by atoms with Crippen molar-refractivity contribution in [1.82, 2.24) is 4.90 Å². The van der Waals surface area contributed by atoms with Crippen molar-refractivity contribution >= 4 is 68.6 Å². The second kappa shape index (κ2) is 12.9. The van der Waals surface area contributed by atoms with Gasteiger partial charge in [0, 0.05) is 38.0 Å². The van der Waals surface area contributed by atoms with Gasteiger partial charge in [0.2, 0.25) is 0 Å². The molecule has 3 aromatic rings. The summed E-state index contributed by atoms with van der Waals surface area (Å²) in [6.45, 7) is 3.41. The molecule has 0 aliphatic carbocycles. The average Bonchev–Trinajstić information content (AvgIpc) is 3.24. The van der Waals surface area contributed by atoms with Gasteiger partial charge in [-0.2, -0.15) is 0 Å². The Hall–Kier alpha value is -3.62. The maximum Gasteiger partial charge on any atom is 0.269 e. The molecule has 0 aromatic heterocycles. The lowest BCUT2D eigenvalue weighted by Gasteiger charge is -2.28. The predicted octanol–water partition coefficient (Wildman–Crippen LogP) is 5.86. The molecule has 0 bridgehead atoms. The van der Waals surface area contributed by atoms with Crippen LogP contribution in [0.3, 0.4) is 0 Å². The Morgan fingerprint density at radius 1 is 1.12 bits per heavy atom. The molecule has 212 valence electrons. The van der Waals surface area contributed by atoms with E-state index in [0.717, 1.165) is 52.4 Å². The minimum atomic E-state index is -0.437. The van der Waals surface area contributed by atoms with Crippen LogP contribution >= 0.6 is 34.4 Å². The van der Waals surface area contributed by atoms with Crippen molar-refractivity contribution in [1.29, 1.82) is 0 Å². The number of halogens is 1. The Labute approximate surface area is 255 Å². The number of thioether (sulfide) groups is 1. The zero-order chi connectivity index (χ0) is 28.9. The molecule has 3 aromatic carbocycles. The van der Waals surface area contributed by atoms with Gasteiger partial charge < -0.3 is 19.1 Å². The van der Waals surface area contributed by atoms with Crippen LogP contribution in [0.5, 0.6) is 11.5 Å². The summed E-state index contributed by atoms with van der Waals surface area (Å²) < 4.78 is 17.8. The molecule has 2 aliphatic rings. The van der Waals surface area contributed by atoms with Crippen LogP contribution in [0.2, 0.25) is 0 Å². The highest BCUT2D eigenvalue weighted by atomic mass is 127. The third-order valence-electron chi connectivity index (χ3n) is 6.53. The second-order valence-electron chi connectivity index (χ2n) is 9.23. The first kappa shape index (κ1) is 28.9. The first-order valence-corrected chi connectivity index (χ1v) is 14.6. The maximum atomic E-state index is 13.0. The number of rotatable bonds is 8. The fourth-order valence-corrected chi connectivity index (χ4v) is 6.07. The molecule has 0 atom stereocenters. The van der Waals surface area contributed by atoms with Crippen molar-refractivity contribution in [2.75, 3.05) is 45.4 Å². The van der Waals surface area contributed by atoms with Crippen LogP contribution in [0.4, 0.5) is 17.1 Å². The van der Waals surface area contributed by atoms with E-state index in [0.29, 0.717) is 21.6 Å². The normalized spacial score (nSPS) is 17.4. The maximum absolute atomic E-state index is 13.0. The Morgan fingerprint density at radius 2 is 1.83 bits per heavy atom. The summed E-state index contributed by atoms with van der Waals surface area (Å²) in [6, 6.07) is 17.9. The van der Waals surface area contributed by atoms with E-state index in [1.165, 1.54) is 23.9 Å². The molecule has 0 spiro atoms. The lowest BCUT2D eigenvalue weighted by Crippen LogP contribution is -2.36. The number of hydrogen-bond donors (Lipinski definition) is 0. The van der Waals surface area contributed by atoms with Gasteiger partial charge in [0.05, 0.1) is 39.4 Å². The van der Waals surface area contributed by atoms with E-state index >= 15 is 0 Å². The van der Waals surface area contributed by atoms with E-state index in [4.69, 9.17) is 19.2 Å². The molecule has 0 N–H and O–H groups in total. The van der Waals surface area contributed by atoms with Crippen LogP contribution in [-0.4, -0.2) is 61.4 Å². The van der Waals surface area contributed by atoms with Crippen LogP contribution in [0.1, 0.15) is 11.1 Å². The minimum Gasteiger partial charge on any atom is -0.493 e. The number of aliphatic imine (C=N–C) groups is 1. The van der Waals surface area contributed by atoms with Crippen LogP contribution in [-0.2, 0) is 16.1 Å². The summed E-state index contributed by atoms with van der Waals surface area (Å²) >= 11 is 3.49. The molecule has 10 nitrogen and oxygen atoms in total. The number of nitro groups is 1. The molecule has 2 aliphatic heterocycles. The molecule has 2 heterocycles. The van der Waals surface area contributed by atoms with Crippen LogP contribution < -0.4 is 14.4 Å². The number of non-ortho nitro benzene ring substituents is 1. The summed E-state index contributed by atoms with van der Waals surface area (Å²) in [5, 5.41) is 11.5. The Balaban J connectivity index is 1.30. The van der Waals surface area contributed by atoms with Gasteiger partial charge in [-0.05, 0) is 100 Å². The number of methoxy groups -OCH3 is 1. The lowest BCUT2D eigenvalue weighted by molar-refractivity contribution is -0.384. The van der Waals surface area contributed by atoms with Crippen molar-refractivity contribution in [3.8, 4) is 11.5 Å². The zero-order valence-corrected chi connectivity index (χ0v) is 25.4. The van der Waals surface area contributed by atoms with Gasteiger partial charge in [0.15, 0.2) is 16.7 Å². The number of morpholine rings is 1. The molecule has 12 heteroatoms. The molecule has 0 saturated carbocycles. The quantitative estimate of drug-likeness (QED) is 0.126. The molecular weight excluding hydrogens is 659 g/mol. The van der Waals surface area contributed by atoms with Crippen molar-refractivity contribution in [3.05, 3.63) is 90.4 Å². The monoisotopic (exact) mass is 686 g/mol. The van der Waals surface area contributed by atoms with Gasteiger partial charge in [0.25, 0.3) is 11.6 Å². The standard InChI is InChI=1S/C29H27IN4O6S/c1-32-28(35)26(41-29(32)31-21-5-9-22(10-6-21)33-11-13-39-14-12-33)17-20-15-24(30)27(25(16-20)38-2)40-18-19-3-7-23(8-4-19)34(36)37/h3-10,15-17H,11-14,18H2,1-2H3/b26-17-,31-29?. The van der Waals surface area contributed by atoms with Gasteiger partial charge in [-0.1, -0.05) is 0 Å². The molecule has 0 radical (unpaired) electrons. The number of ether oxygens (including phenoxy) is 3. The van der Waals surface area contributed by atoms with Crippen LogP contribution in [0.15, 0.2) is 70.6 Å². The number of benzene rings is 3. The Morgan fingerprint density at radius 3 is 2.49 bits per heavy atom. The van der Waals surface area contributed by atoms with Gasteiger partial charge in [-0.15, -0.1) is 0 Å². The summed E-state index contributed by atoms with van der Waals surface area (Å²) in [5.74, 6) is 0.939. The fraction of sp³-hybridized carbons (Fsp3) is 0.241. The topological polar surface area (TPSA) is 107 Å². The zero-order valence-electron chi connectivity index (χ0n) is 22.4. The number of carbonyl (C=O) groups is 1. The summed E-state index contributed by atoms with van der Waals surface area (Å²) in [7, 11) is 3.27. The van der Waals surface area contributed by atoms with Gasteiger partial charge >= 0.3 is 0 Å². The largest absolute Gasteiger partial charge is 0.493 e. The predicted molar refractivity (Wildman–Crippen MR) is 168 cm³/mol. The molecule has 1 amide bonds. The minimum absolute atomic E-state index is 0.0261. The smallest absolute Gasteiger partial charge is 0.269 e. The second-order valence-corrected chi connectivity index (χ2v) is 11.4. The van der Waals surface area contributed by atoms with Crippen molar-refractivity contribution in [2.24, 2.45) is 4.99 Å². The van der Waals surface area contributed by atoms with E-state index in [9.17, 15) is 14.9 Å². The number of anilines is 1. The number of amidine groups is 1. The molecule has 41 heavy (non-hydrogen) atoms. The average molecular weight is 687 g/mol. The number of likely N-dealkylation sites (N-methyl/N-ethyl adjacent to an activating group) is 1. The van der Waals surface area contributed by atoms with E-state index in [1.54, 1.807) is 31.2 Å². The molecule has 2 fully saturated rings. The van der Waals surface area contributed by atoms with Gasteiger partial charge in [-0.25, -0.2) is 4.99 Å². The van der Waals surface area contributed by atoms with Crippen LogP contribution in [0.25, 0.3) is 6.08 Å².